The van der Waals surface area contributed by atoms with Gasteiger partial charge in [0, 0.05) is 13.1 Å². The van der Waals surface area contributed by atoms with Gasteiger partial charge in [0.1, 0.15) is 5.82 Å². The van der Waals surface area contributed by atoms with Gasteiger partial charge in [0.2, 0.25) is 5.91 Å². The van der Waals surface area contributed by atoms with Crippen LogP contribution in [0.1, 0.15) is 25.7 Å². The average Bonchev–Trinajstić information content (AvgIpc) is 3.16. The molecule has 0 radical (unpaired) electrons. The van der Waals surface area contributed by atoms with E-state index < -0.39 is 0 Å². The number of halogens is 1. The van der Waals surface area contributed by atoms with Gasteiger partial charge in [0.25, 0.3) is 0 Å². The van der Waals surface area contributed by atoms with Gasteiger partial charge in [-0.1, -0.05) is 36.7 Å². The minimum absolute atomic E-state index is 0.0114. The van der Waals surface area contributed by atoms with Gasteiger partial charge < -0.3 is 9.88 Å². The van der Waals surface area contributed by atoms with E-state index in [2.05, 4.69) is 15.5 Å². The van der Waals surface area contributed by atoms with Crippen LogP contribution in [0.25, 0.3) is 11.4 Å². The van der Waals surface area contributed by atoms with Gasteiger partial charge in [-0.3, -0.25) is 4.79 Å². The topological polar surface area (TPSA) is 59.8 Å². The molecule has 0 aliphatic heterocycles. The SMILES string of the molecule is Cn1c(SCC(=O)NC2CCCC2)nnc1-c1ccccc1F. The molecule has 23 heavy (non-hydrogen) atoms. The Kier molecular flexibility index (Phi) is 4.95. The summed E-state index contributed by atoms with van der Waals surface area (Å²) in [6, 6.07) is 6.77. The summed E-state index contributed by atoms with van der Waals surface area (Å²) in [7, 11) is 1.78. The Morgan fingerprint density at radius 3 is 2.83 bits per heavy atom. The summed E-state index contributed by atoms with van der Waals surface area (Å²) in [4.78, 5) is 12.0. The van der Waals surface area contributed by atoms with Crippen molar-refractivity contribution in [2.75, 3.05) is 5.75 Å². The highest BCUT2D eigenvalue weighted by molar-refractivity contribution is 7.99. The number of aromatic nitrogens is 3. The number of nitrogens with one attached hydrogen (secondary N) is 1. The number of thioether (sulfide) groups is 1. The van der Waals surface area contributed by atoms with Gasteiger partial charge in [0.05, 0.1) is 11.3 Å². The molecule has 1 fully saturated rings. The summed E-state index contributed by atoms with van der Waals surface area (Å²) in [6.45, 7) is 0. The molecule has 1 N–H and O–H groups in total. The van der Waals surface area contributed by atoms with Gasteiger partial charge in [0.15, 0.2) is 11.0 Å². The van der Waals surface area contributed by atoms with Crippen LogP contribution < -0.4 is 5.32 Å². The number of nitrogens with zero attached hydrogens (tertiary/aromatic N) is 3. The van der Waals surface area contributed by atoms with Crippen LogP contribution in [0.4, 0.5) is 4.39 Å². The molecule has 2 aromatic rings. The summed E-state index contributed by atoms with van der Waals surface area (Å²) in [5, 5.41) is 11.8. The third kappa shape index (κ3) is 3.72. The summed E-state index contributed by atoms with van der Waals surface area (Å²) >= 11 is 1.31. The molecule has 0 unspecified atom stereocenters. The third-order valence-corrected chi connectivity index (χ3v) is 5.02. The zero-order chi connectivity index (χ0) is 16.2. The number of amides is 1. The van der Waals surface area contributed by atoms with E-state index in [1.165, 1.54) is 30.7 Å². The average molecular weight is 334 g/mol. The Morgan fingerprint density at radius 1 is 1.35 bits per heavy atom. The number of carbonyl (C=O) groups excluding carboxylic acids is 1. The first-order chi connectivity index (χ1) is 11.1. The van der Waals surface area contributed by atoms with Crippen molar-refractivity contribution in [2.24, 2.45) is 7.05 Å². The fourth-order valence-electron chi connectivity index (χ4n) is 2.79. The van der Waals surface area contributed by atoms with Crippen molar-refractivity contribution < 1.29 is 9.18 Å². The van der Waals surface area contributed by atoms with E-state index in [9.17, 15) is 9.18 Å². The highest BCUT2D eigenvalue weighted by atomic mass is 32.2. The second-order valence-electron chi connectivity index (χ2n) is 5.68. The minimum atomic E-state index is -0.335. The lowest BCUT2D eigenvalue weighted by Gasteiger charge is -2.11. The van der Waals surface area contributed by atoms with E-state index in [0.717, 1.165) is 12.8 Å². The van der Waals surface area contributed by atoms with Crippen LogP contribution in [0.5, 0.6) is 0 Å². The molecule has 1 aliphatic carbocycles. The van der Waals surface area contributed by atoms with Crippen molar-refractivity contribution in [3.63, 3.8) is 0 Å². The lowest BCUT2D eigenvalue weighted by Crippen LogP contribution is -2.33. The van der Waals surface area contributed by atoms with Gasteiger partial charge in [-0.15, -0.1) is 10.2 Å². The van der Waals surface area contributed by atoms with Gasteiger partial charge in [-0.25, -0.2) is 4.39 Å². The largest absolute Gasteiger partial charge is 0.353 e. The van der Waals surface area contributed by atoms with Crippen LogP contribution in [0.3, 0.4) is 0 Å². The molecule has 1 aromatic carbocycles. The molecule has 1 amide bonds. The van der Waals surface area contributed by atoms with Crippen molar-refractivity contribution in [1.82, 2.24) is 20.1 Å². The summed E-state index contributed by atoms with van der Waals surface area (Å²) in [5.74, 6) is 0.428. The molecule has 1 aromatic heterocycles. The molecule has 1 saturated carbocycles. The Labute approximate surface area is 138 Å². The zero-order valence-corrected chi connectivity index (χ0v) is 13.8. The third-order valence-electron chi connectivity index (χ3n) is 4.00. The summed E-state index contributed by atoms with van der Waals surface area (Å²) in [5.41, 5.74) is 0.407. The van der Waals surface area contributed by atoms with Crippen molar-refractivity contribution in [2.45, 2.75) is 36.9 Å². The number of benzene rings is 1. The first kappa shape index (κ1) is 16.0. The summed E-state index contributed by atoms with van der Waals surface area (Å²) < 4.78 is 15.6. The van der Waals surface area contributed by atoms with E-state index in [1.807, 2.05) is 0 Å². The highest BCUT2D eigenvalue weighted by Crippen LogP contribution is 2.24. The van der Waals surface area contributed by atoms with Crippen molar-refractivity contribution in [3.05, 3.63) is 30.1 Å². The summed E-state index contributed by atoms with van der Waals surface area (Å²) in [6.07, 6.45) is 4.51. The van der Waals surface area contributed by atoms with Crippen LogP contribution in [-0.4, -0.2) is 32.5 Å². The molecule has 0 bridgehead atoms. The smallest absolute Gasteiger partial charge is 0.230 e. The molecule has 0 atom stereocenters. The molecule has 7 heteroatoms. The molecular formula is C16H19FN4OS. The number of hydrogen-bond donors (Lipinski definition) is 1. The lowest BCUT2D eigenvalue weighted by atomic mass is 10.2. The predicted molar refractivity (Wildman–Crippen MR) is 87.5 cm³/mol. The molecule has 3 rings (SSSR count). The fourth-order valence-corrected chi connectivity index (χ4v) is 3.51. The Hall–Kier alpha value is -1.89. The fraction of sp³-hybridized carbons (Fsp3) is 0.438. The number of carbonyl (C=O) groups is 1. The second-order valence-corrected chi connectivity index (χ2v) is 6.63. The Balaban J connectivity index is 1.63. The van der Waals surface area contributed by atoms with E-state index in [4.69, 9.17) is 0 Å². The molecule has 1 aliphatic rings. The molecule has 0 saturated heterocycles. The molecular weight excluding hydrogens is 315 g/mol. The zero-order valence-electron chi connectivity index (χ0n) is 13.0. The second kappa shape index (κ2) is 7.12. The van der Waals surface area contributed by atoms with Gasteiger partial charge in [-0.2, -0.15) is 0 Å². The maximum Gasteiger partial charge on any atom is 0.230 e. The predicted octanol–water partition coefficient (Wildman–Crippen LogP) is 2.77. The quantitative estimate of drug-likeness (QED) is 0.854. The van der Waals surface area contributed by atoms with Crippen molar-refractivity contribution in [3.8, 4) is 11.4 Å². The van der Waals surface area contributed by atoms with Crippen LogP contribution in [-0.2, 0) is 11.8 Å². The number of rotatable bonds is 5. The van der Waals surface area contributed by atoms with Crippen molar-refractivity contribution >= 4 is 17.7 Å². The van der Waals surface area contributed by atoms with E-state index in [0.29, 0.717) is 28.3 Å². The molecule has 0 spiro atoms. The monoisotopic (exact) mass is 334 g/mol. The van der Waals surface area contributed by atoms with E-state index >= 15 is 0 Å². The van der Waals surface area contributed by atoms with Crippen LogP contribution >= 0.6 is 11.8 Å². The molecule has 5 nitrogen and oxygen atoms in total. The lowest BCUT2D eigenvalue weighted by molar-refractivity contribution is -0.119. The highest BCUT2D eigenvalue weighted by Gasteiger charge is 2.19. The van der Waals surface area contributed by atoms with Gasteiger partial charge >= 0.3 is 0 Å². The molecule has 1 heterocycles. The standard InChI is InChI=1S/C16H19FN4OS/c1-21-15(12-8-4-5-9-13(12)17)19-20-16(21)23-10-14(22)18-11-6-2-3-7-11/h4-5,8-9,11H,2-3,6-7,10H2,1H3,(H,18,22). The minimum Gasteiger partial charge on any atom is -0.353 e. The first-order valence-electron chi connectivity index (χ1n) is 7.71. The van der Waals surface area contributed by atoms with Crippen LogP contribution in [0, 0.1) is 5.82 Å². The maximum absolute atomic E-state index is 13.9. The van der Waals surface area contributed by atoms with Crippen molar-refractivity contribution in [1.29, 1.82) is 0 Å². The van der Waals surface area contributed by atoms with E-state index in [-0.39, 0.29) is 11.7 Å². The van der Waals surface area contributed by atoms with Gasteiger partial charge in [-0.05, 0) is 25.0 Å². The molecule has 122 valence electrons. The van der Waals surface area contributed by atoms with Crippen LogP contribution in [0.15, 0.2) is 29.4 Å². The first-order valence-corrected chi connectivity index (χ1v) is 8.70. The number of hydrogen-bond acceptors (Lipinski definition) is 4. The van der Waals surface area contributed by atoms with E-state index in [1.54, 1.807) is 29.8 Å². The maximum atomic E-state index is 13.9. The Bertz CT molecular complexity index is 697. The normalized spacial score (nSPS) is 15.0. The van der Waals surface area contributed by atoms with Crippen LogP contribution in [0.2, 0.25) is 0 Å². The Morgan fingerprint density at radius 2 is 2.09 bits per heavy atom.